The van der Waals surface area contributed by atoms with Gasteiger partial charge in [-0.2, -0.15) is 0 Å². The van der Waals surface area contributed by atoms with E-state index in [2.05, 4.69) is 16.9 Å². The Morgan fingerprint density at radius 1 is 1.06 bits per heavy atom. The second-order valence-corrected chi connectivity index (χ2v) is 16.3. The average Bonchev–Trinajstić information content (AvgIpc) is 3.44. The minimum absolute atomic E-state index is 0.0178. The monoisotopic (exact) mass is 743 g/mol. The molecule has 3 aliphatic heterocycles. The van der Waals surface area contributed by atoms with Crippen molar-refractivity contribution in [1.29, 1.82) is 0 Å². The number of aliphatic hydroxyl groups excluding tert-OH is 1. The number of hydrogen-bond donors (Lipinski definition) is 2. The summed E-state index contributed by atoms with van der Waals surface area (Å²) < 4.78 is 32.1. The van der Waals surface area contributed by atoms with Gasteiger partial charge in [0.05, 0.1) is 31.0 Å². The predicted molar refractivity (Wildman–Crippen MR) is 201 cm³/mol. The van der Waals surface area contributed by atoms with Crippen molar-refractivity contribution in [3.8, 4) is 0 Å². The fourth-order valence-corrected chi connectivity index (χ4v) is 8.90. The lowest BCUT2D eigenvalue weighted by Gasteiger charge is -2.47. The number of nitrogens with zero attached hydrogens (tertiary/aromatic N) is 2. The molecule has 0 spiro atoms. The Kier molecular flexibility index (Phi) is 15.0. The Morgan fingerprint density at radius 2 is 1.77 bits per heavy atom. The first kappa shape index (κ1) is 43.2. The van der Waals surface area contributed by atoms with E-state index in [-0.39, 0.29) is 37.6 Å². The summed E-state index contributed by atoms with van der Waals surface area (Å²) in [6.07, 6.45) is -0.374. The van der Waals surface area contributed by atoms with E-state index in [1.807, 2.05) is 78.7 Å². The van der Waals surface area contributed by atoms with Crippen molar-refractivity contribution in [2.75, 3.05) is 40.4 Å². The summed E-state index contributed by atoms with van der Waals surface area (Å²) in [5.41, 5.74) is -0.502. The van der Waals surface area contributed by atoms with Gasteiger partial charge in [-0.15, -0.1) is 0 Å². The van der Waals surface area contributed by atoms with E-state index in [1.165, 1.54) is 0 Å². The molecule has 0 saturated carbocycles. The molecule has 0 radical (unpaired) electrons. The molecule has 3 aliphatic rings. The van der Waals surface area contributed by atoms with Crippen molar-refractivity contribution in [2.24, 2.45) is 29.6 Å². The van der Waals surface area contributed by atoms with Gasteiger partial charge in [-0.25, -0.2) is 0 Å². The van der Waals surface area contributed by atoms with Crippen LogP contribution in [0, 0.1) is 29.6 Å². The van der Waals surface area contributed by atoms with Gasteiger partial charge in [-0.3, -0.25) is 19.4 Å². The number of pyridine rings is 1. The number of hydrogen-bond acceptors (Lipinski definition) is 12. The molecular weight excluding hydrogens is 678 g/mol. The molecule has 53 heavy (non-hydrogen) atoms. The molecule has 0 aromatic carbocycles. The first-order valence-electron chi connectivity index (χ1n) is 19.4. The van der Waals surface area contributed by atoms with Crippen LogP contribution in [-0.4, -0.2) is 121 Å². The van der Waals surface area contributed by atoms with Crippen LogP contribution >= 0.6 is 0 Å². The summed E-state index contributed by atoms with van der Waals surface area (Å²) in [5, 5.41) is 15.0. The summed E-state index contributed by atoms with van der Waals surface area (Å²) >= 11 is 0. The summed E-state index contributed by atoms with van der Waals surface area (Å²) in [4.78, 5) is 49.1. The number of aromatic nitrogens is 1. The topological polar surface area (TPSA) is 146 Å². The van der Waals surface area contributed by atoms with Gasteiger partial charge in [0.25, 0.3) is 0 Å². The molecule has 2 N–H and O–H groups in total. The minimum Gasteiger partial charge on any atom is -0.459 e. The number of ether oxygens (including phenoxy) is 5. The van der Waals surface area contributed by atoms with Crippen LogP contribution in [0.5, 0.6) is 0 Å². The number of carbonyl (C=O) groups excluding carboxylic acids is 3. The van der Waals surface area contributed by atoms with E-state index in [1.54, 1.807) is 20.0 Å². The number of likely N-dealkylation sites (N-methyl/N-ethyl adjacent to an activating group) is 1. The molecule has 0 amide bonds. The van der Waals surface area contributed by atoms with E-state index in [0.717, 1.165) is 17.7 Å². The second kappa shape index (κ2) is 18.4. The van der Waals surface area contributed by atoms with Crippen LogP contribution in [0.15, 0.2) is 36.5 Å². The molecule has 3 saturated heterocycles. The SMILES string of the molecule is C=C1CO[C@]2(C)C(CC)OC(=O)[C@H](C)C(=O)[C@H](C)[C@@H](O[C@H]3O[C@@H](C)CC(N(C)C)[C@@H]3O)C(C)(OCCNCCc3ccccn3)CC(C)C(=O)C(C)C12. The quantitative estimate of drug-likeness (QED) is 0.145. The lowest BCUT2D eigenvalue weighted by molar-refractivity contribution is -0.297. The molecule has 6 unspecified atom stereocenters. The first-order chi connectivity index (χ1) is 24.9. The number of carbonyl (C=O) groups is 3. The van der Waals surface area contributed by atoms with Crippen molar-refractivity contribution in [3.05, 3.63) is 42.2 Å². The number of ketones is 2. The highest BCUT2D eigenvalue weighted by Crippen LogP contribution is 2.46. The van der Waals surface area contributed by atoms with E-state index >= 15 is 0 Å². The fraction of sp³-hybridized carbons (Fsp3) is 0.756. The normalized spacial score (nSPS) is 39.1. The zero-order chi connectivity index (χ0) is 39.2. The van der Waals surface area contributed by atoms with Gasteiger partial charge in [-0.05, 0) is 78.8 Å². The summed E-state index contributed by atoms with van der Waals surface area (Å²) in [6.45, 7) is 20.5. The number of aliphatic hydroxyl groups is 1. The number of fused-ring (bicyclic) bond motifs is 1. The molecule has 298 valence electrons. The van der Waals surface area contributed by atoms with Crippen LogP contribution in [0.3, 0.4) is 0 Å². The van der Waals surface area contributed by atoms with Crippen LogP contribution in [0.4, 0.5) is 0 Å². The molecule has 12 heteroatoms. The molecule has 0 aliphatic carbocycles. The van der Waals surface area contributed by atoms with Gasteiger partial charge in [-0.1, -0.05) is 40.3 Å². The molecule has 4 heterocycles. The molecule has 4 rings (SSSR count). The van der Waals surface area contributed by atoms with Gasteiger partial charge in [0.15, 0.2) is 12.1 Å². The van der Waals surface area contributed by atoms with E-state index in [9.17, 15) is 19.5 Å². The van der Waals surface area contributed by atoms with Gasteiger partial charge in [0.1, 0.15) is 29.5 Å². The van der Waals surface area contributed by atoms with Crippen LogP contribution in [0.1, 0.15) is 80.3 Å². The number of rotatable bonds is 11. The lowest BCUT2D eigenvalue weighted by Crippen LogP contribution is -2.59. The minimum atomic E-state index is -1.24. The molecule has 1 aromatic heterocycles. The Labute approximate surface area is 316 Å². The second-order valence-electron chi connectivity index (χ2n) is 16.3. The van der Waals surface area contributed by atoms with Gasteiger partial charge < -0.3 is 39.0 Å². The smallest absolute Gasteiger partial charge is 0.316 e. The maximum Gasteiger partial charge on any atom is 0.316 e. The maximum absolute atomic E-state index is 14.5. The molecule has 12 nitrogen and oxygen atoms in total. The van der Waals surface area contributed by atoms with Crippen LogP contribution in [0.2, 0.25) is 0 Å². The average molecular weight is 744 g/mol. The van der Waals surface area contributed by atoms with Crippen LogP contribution in [0.25, 0.3) is 0 Å². The number of esters is 1. The highest BCUT2D eigenvalue weighted by Gasteiger charge is 2.55. The van der Waals surface area contributed by atoms with E-state index < -0.39 is 77.1 Å². The number of Topliss-reactive ketones (excluding diaryl/α,β-unsaturated/α-hetero) is 2. The van der Waals surface area contributed by atoms with Crippen molar-refractivity contribution < 1.29 is 43.2 Å². The molecule has 3 fully saturated rings. The zero-order valence-electron chi connectivity index (χ0n) is 33.6. The third kappa shape index (κ3) is 9.81. The standard InChI is InChI=1S/C41H65N3O9/c1-12-32-41(9)33(25(3)23-50-41)27(5)34(45)24(2)22-40(8,49-20-19-42-18-16-30-15-13-14-17-43-30)37(28(6)35(46)29(7)38(48)52-32)53-39-36(47)31(44(10)11)21-26(4)51-39/h13-15,17,24,26-29,31-33,36-37,39,42,47H,3,12,16,18-23H2,1-2,4-11H3/t24?,26-,27?,28-,29+,31?,32?,33?,36-,37+,39+,40?,41+/m0/s1. The Hall–Kier alpha value is -2.58. The first-order valence-corrected chi connectivity index (χ1v) is 19.4. The lowest BCUT2D eigenvalue weighted by atomic mass is 9.69. The van der Waals surface area contributed by atoms with Crippen LogP contribution < -0.4 is 5.32 Å². The Morgan fingerprint density at radius 3 is 2.42 bits per heavy atom. The van der Waals surface area contributed by atoms with E-state index in [0.29, 0.717) is 25.9 Å². The third-order valence-electron chi connectivity index (χ3n) is 11.9. The Balaban J connectivity index is 1.72. The van der Waals surface area contributed by atoms with E-state index in [4.69, 9.17) is 23.7 Å². The predicted octanol–water partition coefficient (Wildman–Crippen LogP) is 4.17. The third-order valence-corrected chi connectivity index (χ3v) is 11.9. The van der Waals surface area contributed by atoms with Crippen molar-refractivity contribution in [3.63, 3.8) is 0 Å². The van der Waals surface area contributed by atoms with Gasteiger partial charge in [0, 0.05) is 61.1 Å². The van der Waals surface area contributed by atoms with Crippen molar-refractivity contribution in [2.45, 2.75) is 129 Å². The van der Waals surface area contributed by atoms with Crippen LogP contribution in [-0.2, 0) is 44.5 Å². The highest BCUT2D eigenvalue weighted by molar-refractivity contribution is 6.00. The molecule has 0 bridgehead atoms. The molecule has 13 atom stereocenters. The van der Waals surface area contributed by atoms with Gasteiger partial charge in [0.2, 0.25) is 0 Å². The summed E-state index contributed by atoms with van der Waals surface area (Å²) in [5.74, 6) is -4.61. The highest BCUT2D eigenvalue weighted by atomic mass is 16.7. The summed E-state index contributed by atoms with van der Waals surface area (Å²) in [6, 6.07) is 5.56. The number of nitrogens with one attached hydrogen (secondary N) is 1. The fourth-order valence-electron chi connectivity index (χ4n) is 8.90. The molecular formula is C41H65N3O9. The Bertz CT molecular complexity index is 1410. The van der Waals surface area contributed by atoms with Crippen molar-refractivity contribution >= 4 is 17.5 Å². The van der Waals surface area contributed by atoms with Crippen molar-refractivity contribution in [1.82, 2.24) is 15.2 Å². The van der Waals surface area contributed by atoms with Gasteiger partial charge >= 0.3 is 5.97 Å². The summed E-state index contributed by atoms with van der Waals surface area (Å²) in [7, 11) is 3.79. The number of cyclic esters (lactones) is 1. The maximum atomic E-state index is 14.5. The largest absolute Gasteiger partial charge is 0.459 e. The molecule has 1 aromatic rings. The zero-order valence-corrected chi connectivity index (χ0v) is 33.6.